The minimum Gasteiger partial charge on any atom is -0.493 e. The maximum atomic E-state index is 12.0. The van der Waals surface area contributed by atoms with Crippen molar-refractivity contribution in [3.8, 4) is 11.5 Å². The van der Waals surface area contributed by atoms with Crippen LogP contribution in [0.1, 0.15) is 24.3 Å². The van der Waals surface area contributed by atoms with Crippen LogP contribution >= 0.6 is 11.8 Å². The summed E-state index contributed by atoms with van der Waals surface area (Å²) in [6, 6.07) is 5.80. The third-order valence-corrected chi connectivity index (χ3v) is 4.46. The number of thioether (sulfide) groups is 1. The summed E-state index contributed by atoms with van der Waals surface area (Å²) in [4.78, 5) is 13.9. The first-order valence-electron chi connectivity index (χ1n) is 6.34. The van der Waals surface area contributed by atoms with Crippen molar-refractivity contribution in [2.45, 2.75) is 18.7 Å². The monoisotopic (exact) mass is 281 g/mol. The summed E-state index contributed by atoms with van der Waals surface area (Å²) in [7, 11) is 3.26. The van der Waals surface area contributed by atoms with Gasteiger partial charge in [-0.25, -0.2) is 0 Å². The van der Waals surface area contributed by atoms with Crippen LogP contribution in [-0.4, -0.2) is 37.3 Å². The van der Waals surface area contributed by atoms with E-state index in [1.165, 1.54) is 0 Å². The van der Waals surface area contributed by atoms with E-state index in [-0.39, 0.29) is 11.3 Å². The maximum absolute atomic E-state index is 12.0. The SMILES string of the molecule is CCC(=O)N1CCS[C@@H]1c1cccc(OC)c1OC. The molecule has 0 aromatic heterocycles. The van der Waals surface area contributed by atoms with Crippen LogP contribution in [-0.2, 0) is 4.79 Å². The molecule has 1 atom stereocenters. The normalized spacial score (nSPS) is 18.5. The number of hydrogen-bond donors (Lipinski definition) is 0. The summed E-state index contributed by atoms with van der Waals surface area (Å²) in [5, 5.41) is 0.0255. The van der Waals surface area contributed by atoms with Crippen molar-refractivity contribution in [3.63, 3.8) is 0 Å². The number of hydrogen-bond acceptors (Lipinski definition) is 4. The van der Waals surface area contributed by atoms with Gasteiger partial charge in [0, 0.05) is 24.3 Å². The molecule has 1 amide bonds. The molecule has 0 saturated carbocycles. The lowest BCUT2D eigenvalue weighted by molar-refractivity contribution is -0.131. The number of ether oxygens (including phenoxy) is 2. The van der Waals surface area contributed by atoms with Gasteiger partial charge in [-0.3, -0.25) is 4.79 Å². The second kappa shape index (κ2) is 6.19. The van der Waals surface area contributed by atoms with Crippen LogP contribution in [0.4, 0.5) is 0 Å². The predicted molar refractivity (Wildman–Crippen MR) is 76.7 cm³/mol. The molecule has 104 valence electrons. The molecule has 4 nitrogen and oxygen atoms in total. The minimum atomic E-state index is 0.0255. The third kappa shape index (κ3) is 2.66. The zero-order chi connectivity index (χ0) is 13.8. The van der Waals surface area contributed by atoms with Crippen molar-refractivity contribution >= 4 is 17.7 Å². The molecule has 1 fully saturated rings. The van der Waals surface area contributed by atoms with Gasteiger partial charge in [0.15, 0.2) is 11.5 Å². The molecular weight excluding hydrogens is 262 g/mol. The smallest absolute Gasteiger partial charge is 0.223 e. The van der Waals surface area contributed by atoms with Crippen molar-refractivity contribution in [2.24, 2.45) is 0 Å². The first-order chi connectivity index (χ1) is 9.22. The van der Waals surface area contributed by atoms with Crippen LogP contribution in [0.2, 0.25) is 0 Å². The number of rotatable bonds is 4. The molecule has 0 aliphatic carbocycles. The summed E-state index contributed by atoms with van der Waals surface area (Å²) >= 11 is 1.77. The predicted octanol–water partition coefficient (Wildman–Crippen LogP) is 2.69. The molecule has 1 saturated heterocycles. The summed E-state index contributed by atoms with van der Waals surface area (Å²) < 4.78 is 10.8. The van der Waals surface area contributed by atoms with E-state index in [4.69, 9.17) is 9.47 Å². The third-order valence-electron chi connectivity index (χ3n) is 3.21. The van der Waals surface area contributed by atoms with Gasteiger partial charge in [0.05, 0.1) is 14.2 Å². The Labute approximate surface area is 118 Å². The van der Waals surface area contributed by atoms with Gasteiger partial charge in [0.1, 0.15) is 5.37 Å². The highest BCUT2D eigenvalue weighted by Crippen LogP contribution is 2.45. The zero-order valence-electron chi connectivity index (χ0n) is 11.5. The van der Waals surface area contributed by atoms with Crippen molar-refractivity contribution in [3.05, 3.63) is 23.8 Å². The number of carbonyl (C=O) groups excluding carboxylic acids is 1. The van der Waals surface area contributed by atoms with Crippen LogP contribution in [0.5, 0.6) is 11.5 Å². The number of methoxy groups -OCH3 is 2. The van der Waals surface area contributed by atoms with E-state index in [1.807, 2.05) is 30.0 Å². The fourth-order valence-corrected chi connectivity index (χ4v) is 3.59. The fourth-order valence-electron chi connectivity index (χ4n) is 2.29. The van der Waals surface area contributed by atoms with Gasteiger partial charge >= 0.3 is 0 Å². The summed E-state index contributed by atoms with van der Waals surface area (Å²) in [6.07, 6.45) is 0.531. The lowest BCUT2D eigenvalue weighted by Gasteiger charge is -2.25. The van der Waals surface area contributed by atoms with E-state index in [0.29, 0.717) is 12.2 Å². The molecule has 1 aliphatic rings. The Kier molecular flexibility index (Phi) is 4.58. The van der Waals surface area contributed by atoms with Gasteiger partial charge in [-0.2, -0.15) is 0 Å². The van der Waals surface area contributed by atoms with Crippen LogP contribution in [0.15, 0.2) is 18.2 Å². The van der Waals surface area contributed by atoms with Gasteiger partial charge in [-0.05, 0) is 6.07 Å². The van der Waals surface area contributed by atoms with Crippen molar-refractivity contribution in [1.29, 1.82) is 0 Å². The lowest BCUT2D eigenvalue weighted by Crippen LogP contribution is -2.29. The Hall–Kier alpha value is -1.36. The van der Waals surface area contributed by atoms with Crippen LogP contribution in [0.3, 0.4) is 0 Å². The highest BCUT2D eigenvalue weighted by molar-refractivity contribution is 7.99. The maximum Gasteiger partial charge on any atom is 0.223 e. The van der Waals surface area contributed by atoms with Crippen LogP contribution in [0, 0.1) is 0 Å². The first-order valence-corrected chi connectivity index (χ1v) is 7.39. The van der Waals surface area contributed by atoms with Gasteiger partial charge in [-0.15, -0.1) is 11.8 Å². The summed E-state index contributed by atoms with van der Waals surface area (Å²) in [5.41, 5.74) is 1.01. The van der Waals surface area contributed by atoms with Crippen LogP contribution < -0.4 is 9.47 Å². The summed E-state index contributed by atoms with van der Waals surface area (Å²) in [5.74, 6) is 2.56. The molecule has 1 aromatic rings. The van der Waals surface area contributed by atoms with Crippen molar-refractivity contribution in [2.75, 3.05) is 26.5 Å². The fraction of sp³-hybridized carbons (Fsp3) is 0.500. The van der Waals surface area contributed by atoms with Crippen LogP contribution in [0.25, 0.3) is 0 Å². The molecule has 19 heavy (non-hydrogen) atoms. The number of para-hydroxylation sites is 1. The molecule has 0 spiro atoms. The number of nitrogens with zero attached hydrogens (tertiary/aromatic N) is 1. The second-order valence-corrected chi connectivity index (χ2v) is 5.43. The van der Waals surface area contributed by atoms with E-state index >= 15 is 0 Å². The van der Waals surface area contributed by atoms with Crippen molar-refractivity contribution in [1.82, 2.24) is 4.90 Å². The van der Waals surface area contributed by atoms with Crippen molar-refractivity contribution < 1.29 is 14.3 Å². The Morgan fingerprint density at radius 2 is 2.21 bits per heavy atom. The zero-order valence-corrected chi connectivity index (χ0v) is 12.3. The highest BCUT2D eigenvalue weighted by Gasteiger charge is 2.32. The van der Waals surface area contributed by atoms with E-state index in [0.717, 1.165) is 23.6 Å². The second-order valence-electron chi connectivity index (χ2n) is 4.25. The van der Waals surface area contributed by atoms with Gasteiger partial charge in [-0.1, -0.05) is 19.1 Å². The molecule has 1 heterocycles. The standard InChI is InChI=1S/C14H19NO3S/c1-4-12(16)15-8-9-19-14(15)10-6-5-7-11(17-2)13(10)18-3/h5-7,14H,4,8-9H2,1-3H3/t14-/m1/s1. The Balaban J connectivity index is 2.38. The molecule has 0 radical (unpaired) electrons. The molecule has 5 heteroatoms. The molecule has 0 bridgehead atoms. The molecule has 1 aliphatic heterocycles. The topological polar surface area (TPSA) is 38.8 Å². The first kappa shape index (κ1) is 14.1. The van der Waals surface area contributed by atoms with Gasteiger partial charge in [0.2, 0.25) is 5.91 Å². The average Bonchev–Trinajstić information content (AvgIpc) is 2.94. The average molecular weight is 281 g/mol. The Bertz CT molecular complexity index is 464. The largest absolute Gasteiger partial charge is 0.493 e. The van der Waals surface area contributed by atoms with E-state index in [9.17, 15) is 4.79 Å². The Morgan fingerprint density at radius 1 is 1.42 bits per heavy atom. The molecule has 0 unspecified atom stereocenters. The Morgan fingerprint density at radius 3 is 2.84 bits per heavy atom. The molecule has 0 N–H and O–H groups in total. The van der Waals surface area contributed by atoms with E-state index < -0.39 is 0 Å². The molecule has 2 rings (SSSR count). The van der Waals surface area contributed by atoms with E-state index in [2.05, 4.69) is 0 Å². The number of amides is 1. The summed E-state index contributed by atoms with van der Waals surface area (Å²) in [6.45, 7) is 2.69. The number of carbonyl (C=O) groups is 1. The molecule has 1 aromatic carbocycles. The molecular formula is C14H19NO3S. The highest BCUT2D eigenvalue weighted by atomic mass is 32.2. The number of benzene rings is 1. The quantitative estimate of drug-likeness (QED) is 0.850. The minimum absolute atomic E-state index is 0.0255. The van der Waals surface area contributed by atoms with Gasteiger partial charge in [0.25, 0.3) is 0 Å². The lowest BCUT2D eigenvalue weighted by atomic mass is 10.1. The van der Waals surface area contributed by atoms with Gasteiger partial charge < -0.3 is 14.4 Å². The van der Waals surface area contributed by atoms with E-state index in [1.54, 1.807) is 26.0 Å².